The van der Waals surface area contributed by atoms with Crippen LogP contribution in [0, 0.1) is 6.92 Å². The first kappa shape index (κ1) is 24.9. The first-order chi connectivity index (χ1) is 17.3. The molecule has 3 aromatic carbocycles. The Morgan fingerprint density at radius 3 is 2.33 bits per heavy atom. The van der Waals surface area contributed by atoms with E-state index in [-0.39, 0.29) is 22.7 Å². The largest absolute Gasteiger partial charge is 0.455 e. The Morgan fingerprint density at radius 2 is 1.64 bits per heavy atom. The third kappa shape index (κ3) is 6.46. The summed E-state index contributed by atoms with van der Waals surface area (Å²) in [6.07, 6.45) is 1.64. The molecule has 0 aliphatic heterocycles. The molecule has 0 unspecified atom stereocenters. The number of ether oxygens (including phenoxy) is 1. The molecule has 1 heterocycles. The zero-order valence-electron chi connectivity index (χ0n) is 19.1. The first-order valence-electron chi connectivity index (χ1n) is 10.8. The summed E-state index contributed by atoms with van der Waals surface area (Å²) in [5, 5.41) is 5.54. The van der Waals surface area contributed by atoms with Gasteiger partial charge in [-0.15, -0.1) is 11.3 Å². The maximum atomic E-state index is 13.0. The van der Waals surface area contributed by atoms with Gasteiger partial charge in [0, 0.05) is 16.6 Å². The van der Waals surface area contributed by atoms with Crippen molar-refractivity contribution in [3.8, 4) is 11.5 Å². The van der Waals surface area contributed by atoms with Crippen molar-refractivity contribution in [2.75, 3.05) is 16.6 Å². The summed E-state index contributed by atoms with van der Waals surface area (Å²) < 4.78 is 34.2. The monoisotopic (exact) mass is 522 g/mol. The zero-order chi connectivity index (χ0) is 25.5. The van der Waals surface area contributed by atoms with Crippen molar-refractivity contribution in [2.45, 2.75) is 11.8 Å². The Balaban J connectivity index is 1.38. The minimum atomic E-state index is -3.96. The Morgan fingerprint density at radius 1 is 0.944 bits per heavy atom. The van der Waals surface area contributed by atoms with Gasteiger partial charge in [0.05, 0.1) is 17.1 Å². The van der Waals surface area contributed by atoms with Crippen LogP contribution in [-0.4, -0.2) is 31.8 Å². The summed E-state index contributed by atoms with van der Waals surface area (Å²) in [6, 6.07) is 21.1. The van der Waals surface area contributed by atoms with Crippen LogP contribution in [0.1, 0.15) is 15.2 Å². The highest BCUT2D eigenvalue weighted by Crippen LogP contribution is 2.31. The van der Waals surface area contributed by atoms with Gasteiger partial charge in [0.1, 0.15) is 5.75 Å². The fourth-order valence-electron chi connectivity index (χ4n) is 3.08. The molecule has 0 aliphatic carbocycles. The van der Waals surface area contributed by atoms with E-state index in [2.05, 4.69) is 20.3 Å². The smallest absolute Gasteiger partial charge is 0.262 e. The van der Waals surface area contributed by atoms with Gasteiger partial charge in [-0.3, -0.25) is 14.3 Å². The topological polar surface area (TPSA) is 126 Å². The molecular formula is C25H22N4O5S2. The molecule has 0 bridgehead atoms. The normalized spacial score (nSPS) is 10.9. The first-order valence-corrected chi connectivity index (χ1v) is 13.1. The van der Waals surface area contributed by atoms with Crippen LogP contribution in [-0.2, 0) is 14.8 Å². The molecule has 184 valence electrons. The Bertz CT molecular complexity index is 1470. The molecule has 36 heavy (non-hydrogen) atoms. The van der Waals surface area contributed by atoms with Crippen LogP contribution in [0.25, 0.3) is 0 Å². The van der Waals surface area contributed by atoms with Gasteiger partial charge in [0.15, 0.2) is 10.9 Å². The van der Waals surface area contributed by atoms with E-state index in [1.165, 1.54) is 35.6 Å². The number of carbonyl (C=O) groups is 2. The van der Waals surface area contributed by atoms with Gasteiger partial charge in [-0.2, -0.15) is 0 Å². The van der Waals surface area contributed by atoms with Gasteiger partial charge >= 0.3 is 0 Å². The van der Waals surface area contributed by atoms with E-state index in [0.29, 0.717) is 16.6 Å². The highest BCUT2D eigenvalue weighted by molar-refractivity contribution is 7.92. The van der Waals surface area contributed by atoms with Crippen LogP contribution in [0.3, 0.4) is 0 Å². The van der Waals surface area contributed by atoms with Crippen molar-refractivity contribution in [1.29, 1.82) is 0 Å². The maximum Gasteiger partial charge on any atom is 0.262 e. The predicted molar refractivity (Wildman–Crippen MR) is 138 cm³/mol. The average Bonchev–Trinajstić information content (AvgIpc) is 3.28. The van der Waals surface area contributed by atoms with Gasteiger partial charge in [0.2, 0.25) is 5.91 Å². The molecule has 0 saturated carbocycles. The highest BCUT2D eigenvalue weighted by atomic mass is 32.2. The van der Waals surface area contributed by atoms with E-state index >= 15 is 0 Å². The Labute approximate surface area is 212 Å². The van der Waals surface area contributed by atoms with Gasteiger partial charge in [-0.1, -0.05) is 30.3 Å². The number of aryl methyl sites for hydroxylation is 1. The molecular weight excluding hydrogens is 500 g/mol. The standard InChI is InChI=1S/C25H22N4O5S2/c1-17-15-27-25(35-17)28-23(30)16-26-24(31)18-11-13-20(14-12-18)36(32,33)29-21-9-5-6-10-22(21)34-19-7-3-2-4-8-19/h2-15,29H,16H2,1H3,(H,26,31)(H,27,28,30). The van der Waals surface area contributed by atoms with E-state index in [1.807, 2.05) is 25.1 Å². The van der Waals surface area contributed by atoms with Crippen molar-refractivity contribution in [3.05, 3.63) is 95.5 Å². The minimum absolute atomic E-state index is 0.0366. The van der Waals surface area contributed by atoms with Gasteiger partial charge in [-0.05, 0) is 55.5 Å². The second-order valence-electron chi connectivity index (χ2n) is 7.55. The number of carbonyl (C=O) groups excluding carboxylic acids is 2. The lowest BCUT2D eigenvalue weighted by Gasteiger charge is -2.13. The summed E-state index contributed by atoms with van der Waals surface area (Å²) in [5.74, 6) is -0.0270. The van der Waals surface area contributed by atoms with E-state index in [4.69, 9.17) is 4.74 Å². The number of aromatic nitrogens is 1. The molecule has 0 atom stereocenters. The molecule has 0 spiro atoms. The van der Waals surface area contributed by atoms with Crippen molar-refractivity contribution >= 4 is 44.0 Å². The second-order valence-corrected chi connectivity index (χ2v) is 10.5. The number of para-hydroxylation sites is 3. The van der Waals surface area contributed by atoms with Crippen LogP contribution < -0.4 is 20.1 Å². The number of nitrogens with one attached hydrogen (secondary N) is 3. The molecule has 3 N–H and O–H groups in total. The third-order valence-corrected chi connectivity index (χ3v) is 7.02. The van der Waals surface area contributed by atoms with Crippen LogP contribution in [0.2, 0.25) is 0 Å². The third-order valence-electron chi connectivity index (χ3n) is 4.81. The van der Waals surface area contributed by atoms with Crippen LogP contribution >= 0.6 is 11.3 Å². The van der Waals surface area contributed by atoms with E-state index in [9.17, 15) is 18.0 Å². The molecule has 4 aromatic rings. The number of nitrogens with zero attached hydrogens (tertiary/aromatic N) is 1. The van der Waals surface area contributed by atoms with E-state index < -0.39 is 21.8 Å². The summed E-state index contributed by atoms with van der Waals surface area (Å²) in [5.41, 5.74) is 0.476. The summed E-state index contributed by atoms with van der Waals surface area (Å²) in [7, 11) is -3.96. The molecule has 9 nitrogen and oxygen atoms in total. The van der Waals surface area contributed by atoms with Crippen molar-refractivity contribution in [1.82, 2.24) is 10.3 Å². The second kappa shape index (κ2) is 11.0. The number of hydrogen-bond acceptors (Lipinski definition) is 7. The molecule has 0 fully saturated rings. The Hall–Kier alpha value is -4.22. The number of hydrogen-bond donors (Lipinski definition) is 3. The molecule has 0 aliphatic rings. The Kier molecular flexibility index (Phi) is 7.62. The number of benzene rings is 3. The number of thiazole rings is 1. The summed E-state index contributed by atoms with van der Waals surface area (Å²) in [6.45, 7) is 1.61. The minimum Gasteiger partial charge on any atom is -0.455 e. The van der Waals surface area contributed by atoms with Gasteiger partial charge in [-0.25, -0.2) is 13.4 Å². The molecule has 0 radical (unpaired) electrons. The van der Waals surface area contributed by atoms with Gasteiger partial charge < -0.3 is 15.4 Å². The highest BCUT2D eigenvalue weighted by Gasteiger charge is 2.18. The summed E-state index contributed by atoms with van der Waals surface area (Å²) >= 11 is 1.33. The fraction of sp³-hybridized carbons (Fsp3) is 0.0800. The number of amides is 2. The molecule has 0 saturated heterocycles. The van der Waals surface area contributed by atoms with Crippen LogP contribution in [0.4, 0.5) is 10.8 Å². The van der Waals surface area contributed by atoms with Crippen molar-refractivity contribution < 1.29 is 22.7 Å². The lowest BCUT2D eigenvalue weighted by molar-refractivity contribution is -0.115. The molecule has 1 aromatic heterocycles. The van der Waals surface area contributed by atoms with E-state index in [1.54, 1.807) is 42.6 Å². The number of anilines is 2. The van der Waals surface area contributed by atoms with Gasteiger partial charge in [0.25, 0.3) is 15.9 Å². The molecule has 11 heteroatoms. The lowest BCUT2D eigenvalue weighted by Crippen LogP contribution is -2.32. The predicted octanol–water partition coefficient (Wildman–Crippen LogP) is 4.41. The zero-order valence-corrected chi connectivity index (χ0v) is 20.7. The number of sulfonamides is 1. The van der Waals surface area contributed by atoms with Crippen molar-refractivity contribution in [3.63, 3.8) is 0 Å². The van der Waals surface area contributed by atoms with Crippen LogP contribution in [0.15, 0.2) is 90.0 Å². The molecule has 4 rings (SSSR count). The maximum absolute atomic E-state index is 13.0. The van der Waals surface area contributed by atoms with Crippen LogP contribution in [0.5, 0.6) is 11.5 Å². The lowest BCUT2D eigenvalue weighted by atomic mass is 10.2. The van der Waals surface area contributed by atoms with Crippen molar-refractivity contribution in [2.24, 2.45) is 0 Å². The van der Waals surface area contributed by atoms with E-state index in [0.717, 1.165) is 4.88 Å². The molecule has 2 amide bonds. The average molecular weight is 523 g/mol. The fourth-order valence-corrected chi connectivity index (χ4v) is 4.83. The number of rotatable bonds is 9. The quantitative estimate of drug-likeness (QED) is 0.299. The summed E-state index contributed by atoms with van der Waals surface area (Å²) in [4.78, 5) is 29.3. The SMILES string of the molecule is Cc1cnc(NC(=O)CNC(=O)c2ccc(S(=O)(=O)Nc3ccccc3Oc3ccccc3)cc2)s1.